The number of alkyl halides is 3. The summed E-state index contributed by atoms with van der Waals surface area (Å²) in [6, 6.07) is 7.16. The van der Waals surface area contributed by atoms with Gasteiger partial charge in [0.1, 0.15) is 18.4 Å². The van der Waals surface area contributed by atoms with Crippen LogP contribution in [0.3, 0.4) is 0 Å². The standard InChI is InChI=1S/C17H14F3N5O2/c1-11-6-14(27-17(18,19)20)4-2-12(11)7-23-16(26)13-3-5-15(22-8-13)25-10-21-9-24-25/h2-6,8-10H,7H2,1H3,(H,23,26). The van der Waals surface area contributed by atoms with Gasteiger partial charge in [-0.15, -0.1) is 13.2 Å². The zero-order valence-corrected chi connectivity index (χ0v) is 14.1. The SMILES string of the molecule is Cc1cc(OC(F)(F)F)ccc1CNC(=O)c1ccc(-n2cncn2)nc1. The van der Waals surface area contributed by atoms with Crippen LogP contribution in [0, 0.1) is 6.92 Å². The zero-order valence-electron chi connectivity index (χ0n) is 14.1. The fourth-order valence-electron chi connectivity index (χ4n) is 2.32. The van der Waals surface area contributed by atoms with Crippen molar-refractivity contribution in [3.8, 4) is 11.6 Å². The normalized spacial score (nSPS) is 11.3. The van der Waals surface area contributed by atoms with Crippen LogP contribution >= 0.6 is 0 Å². The maximum atomic E-state index is 12.2. The highest BCUT2D eigenvalue weighted by Gasteiger charge is 2.31. The van der Waals surface area contributed by atoms with Crippen molar-refractivity contribution in [2.45, 2.75) is 19.8 Å². The molecule has 7 nitrogen and oxygen atoms in total. The summed E-state index contributed by atoms with van der Waals surface area (Å²) in [5, 5.41) is 6.64. The third-order valence-electron chi connectivity index (χ3n) is 3.65. The highest BCUT2D eigenvalue weighted by molar-refractivity contribution is 5.93. The number of nitrogens with one attached hydrogen (secondary N) is 1. The lowest BCUT2D eigenvalue weighted by Gasteiger charge is -2.12. The molecule has 0 aliphatic rings. The summed E-state index contributed by atoms with van der Waals surface area (Å²) in [7, 11) is 0. The molecule has 0 bridgehead atoms. The third-order valence-corrected chi connectivity index (χ3v) is 3.65. The van der Waals surface area contributed by atoms with Gasteiger partial charge in [0.2, 0.25) is 0 Å². The third kappa shape index (κ3) is 4.81. The Balaban J connectivity index is 1.62. The minimum absolute atomic E-state index is 0.155. The quantitative estimate of drug-likeness (QED) is 0.739. The minimum Gasteiger partial charge on any atom is -0.406 e. The van der Waals surface area contributed by atoms with Gasteiger partial charge in [-0.1, -0.05) is 6.07 Å². The number of halogens is 3. The number of hydrogen-bond acceptors (Lipinski definition) is 5. The fourth-order valence-corrected chi connectivity index (χ4v) is 2.32. The van der Waals surface area contributed by atoms with Gasteiger partial charge >= 0.3 is 6.36 Å². The maximum Gasteiger partial charge on any atom is 0.573 e. The summed E-state index contributed by atoms with van der Waals surface area (Å²) in [4.78, 5) is 20.2. The lowest BCUT2D eigenvalue weighted by molar-refractivity contribution is -0.274. The van der Waals surface area contributed by atoms with Crippen molar-refractivity contribution in [2.75, 3.05) is 0 Å². The Morgan fingerprint density at radius 3 is 2.67 bits per heavy atom. The van der Waals surface area contributed by atoms with E-state index in [9.17, 15) is 18.0 Å². The van der Waals surface area contributed by atoms with Crippen LogP contribution in [0.15, 0.2) is 49.2 Å². The number of pyridine rings is 1. The molecule has 0 unspecified atom stereocenters. The first kappa shape index (κ1) is 18.4. The van der Waals surface area contributed by atoms with E-state index in [1.165, 1.54) is 41.7 Å². The predicted molar refractivity (Wildman–Crippen MR) is 88.2 cm³/mol. The van der Waals surface area contributed by atoms with Crippen LogP contribution in [-0.4, -0.2) is 32.0 Å². The summed E-state index contributed by atoms with van der Waals surface area (Å²) in [5.74, 6) is -0.147. The predicted octanol–water partition coefficient (Wildman–Crippen LogP) is 2.80. The molecule has 140 valence electrons. The molecular formula is C17H14F3N5O2. The minimum atomic E-state index is -4.74. The average Bonchev–Trinajstić information content (AvgIpc) is 3.14. The average molecular weight is 377 g/mol. The van der Waals surface area contributed by atoms with Gasteiger partial charge in [-0.25, -0.2) is 14.6 Å². The molecule has 0 radical (unpaired) electrons. The van der Waals surface area contributed by atoms with Gasteiger partial charge in [-0.05, 0) is 42.3 Å². The van der Waals surface area contributed by atoms with Crippen molar-refractivity contribution in [3.05, 3.63) is 65.9 Å². The topological polar surface area (TPSA) is 81.9 Å². The van der Waals surface area contributed by atoms with Gasteiger partial charge in [-0.2, -0.15) is 5.10 Å². The number of amides is 1. The Kier molecular flexibility index (Phi) is 5.06. The van der Waals surface area contributed by atoms with Crippen molar-refractivity contribution >= 4 is 5.91 Å². The number of hydrogen-bond donors (Lipinski definition) is 1. The molecule has 0 saturated carbocycles. The molecule has 27 heavy (non-hydrogen) atoms. The molecule has 0 aliphatic heterocycles. The van der Waals surface area contributed by atoms with Gasteiger partial charge in [0.25, 0.3) is 5.91 Å². The second-order valence-corrected chi connectivity index (χ2v) is 5.56. The highest BCUT2D eigenvalue weighted by atomic mass is 19.4. The monoisotopic (exact) mass is 377 g/mol. The first-order chi connectivity index (χ1) is 12.8. The second kappa shape index (κ2) is 7.44. The van der Waals surface area contributed by atoms with Crippen LogP contribution in [0.2, 0.25) is 0 Å². The highest BCUT2D eigenvalue weighted by Crippen LogP contribution is 2.24. The van der Waals surface area contributed by atoms with Gasteiger partial charge in [0, 0.05) is 12.7 Å². The van der Waals surface area contributed by atoms with E-state index in [4.69, 9.17) is 0 Å². The fraction of sp³-hybridized carbons (Fsp3) is 0.176. The van der Waals surface area contributed by atoms with E-state index < -0.39 is 6.36 Å². The molecule has 0 atom stereocenters. The van der Waals surface area contributed by atoms with Crippen LogP contribution < -0.4 is 10.1 Å². The van der Waals surface area contributed by atoms with Crippen molar-refractivity contribution in [1.29, 1.82) is 0 Å². The molecule has 2 heterocycles. The molecule has 0 saturated heterocycles. The van der Waals surface area contributed by atoms with Gasteiger partial charge in [0.05, 0.1) is 5.56 Å². The van der Waals surface area contributed by atoms with Gasteiger partial charge < -0.3 is 10.1 Å². The molecule has 0 spiro atoms. The summed E-state index contributed by atoms with van der Waals surface area (Å²) >= 11 is 0. The summed E-state index contributed by atoms with van der Waals surface area (Å²) in [6.07, 6.45) is -0.486. The Morgan fingerprint density at radius 1 is 1.26 bits per heavy atom. The molecule has 3 aromatic rings. The lowest BCUT2D eigenvalue weighted by atomic mass is 10.1. The summed E-state index contributed by atoms with van der Waals surface area (Å²) in [5.41, 5.74) is 1.58. The smallest absolute Gasteiger partial charge is 0.406 e. The Morgan fingerprint density at radius 2 is 2.07 bits per heavy atom. The van der Waals surface area contributed by atoms with Crippen LogP contribution in [-0.2, 0) is 6.54 Å². The number of benzene rings is 1. The molecule has 0 aliphatic carbocycles. The first-order valence-corrected chi connectivity index (χ1v) is 7.76. The van der Waals surface area contributed by atoms with Crippen molar-refractivity contribution < 1.29 is 22.7 Å². The van der Waals surface area contributed by atoms with Crippen molar-refractivity contribution in [2.24, 2.45) is 0 Å². The van der Waals surface area contributed by atoms with Crippen LogP contribution in [0.5, 0.6) is 5.75 Å². The molecule has 1 N–H and O–H groups in total. The van der Waals surface area contributed by atoms with E-state index in [2.05, 4.69) is 25.1 Å². The number of carbonyl (C=O) groups excluding carboxylic acids is 1. The zero-order chi connectivity index (χ0) is 19.4. The Hall–Kier alpha value is -3.43. The molecule has 1 amide bonds. The van der Waals surface area contributed by atoms with Crippen LogP contribution in [0.25, 0.3) is 5.82 Å². The number of aryl methyl sites for hydroxylation is 1. The number of aromatic nitrogens is 4. The number of nitrogens with zero attached hydrogens (tertiary/aromatic N) is 4. The van der Waals surface area contributed by atoms with Crippen molar-refractivity contribution in [1.82, 2.24) is 25.1 Å². The largest absolute Gasteiger partial charge is 0.573 e. The molecule has 10 heteroatoms. The molecule has 3 rings (SSSR count). The second-order valence-electron chi connectivity index (χ2n) is 5.56. The summed E-state index contributed by atoms with van der Waals surface area (Å²) in [6.45, 7) is 1.79. The Bertz CT molecular complexity index is 925. The first-order valence-electron chi connectivity index (χ1n) is 7.76. The van der Waals surface area contributed by atoms with E-state index in [0.29, 0.717) is 22.5 Å². The van der Waals surface area contributed by atoms with E-state index in [1.807, 2.05) is 0 Å². The Labute approximate surface area is 151 Å². The van der Waals surface area contributed by atoms with E-state index >= 15 is 0 Å². The number of ether oxygens (including phenoxy) is 1. The van der Waals surface area contributed by atoms with E-state index in [0.717, 1.165) is 0 Å². The van der Waals surface area contributed by atoms with Gasteiger partial charge in [-0.3, -0.25) is 4.79 Å². The van der Waals surface area contributed by atoms with Gasteiger partial charge in [0.15, 0.2) is 5.82 Å². The summed E-state index contributed by atoms with van der Waals surface area (Å²) < 4.78 is 42.0. The van der Waals surface area contributed by atoms with Crippen molar-refractivity contribution in [3.63, 3.8) is 0 Å². The van der Waals surface area contributed by atoms with Crippen LogP contribution in [0.1, 0.15) is 21.5 Å². The molecule has 2 aromatic heterocycles. The molecular weight excluding hydrogens is 363 g/mol. The van der Waals surface area contributed by atoms with Crippen LogP contribution in [0.4, 0.5) is 13.2 Å². The number of rotatable bonds is 5. The van der Waals surface area contributed by atoms with E-state index in [-0.39, 0.29) is 18.2 Å². The number of carbonyl (C=O) groups is 1. The molecule has 1 aromatic carbocycles. The lowest BCUT2D eigenvalue weighted by Crippen LogP contribution is -2.23. The maximum absolute atomic E-state index is 12.2. The molecule has 0 fully saturated rings. The van der Waals surface area contributed by atoms with E-state index in [1.54, 1.807) is 19.1 Å².